The number of aromatic hydroxyl groups is 1. The van der Waals surface area contributed by atoms with Gasteiger partial charge in [-0.15, -0.1) is 0 Å². The molecule has 0 bridgehead atoms. The Morgan fingerprint density at radius 3 is 1.79 bits per heavy atom. The lowest BCUT2D eigenvalue weighted by Crippen LogP contribution is -2.19. The standard InChI is InChI=1S/C24H32O4/c1-23(2,3)17-13-16(14-18(22(17)26)24(4,5)6)19(25)11-15-9-10-20(27-7)21(12-15)28-8/h9-10,12-14,26H,11H2,1-8H3. The van der Waals surface area contributed by atoms with E-state index in [4.69, 9.17) is 9.47 Å². The van der Waals surface area contributed by atoms with Gasteiger partial charge in [-0.05, 0) is 40.7 Å². The molecule has 0 aromatic heterocycles. The molecule has 4 nitrogen and oxygen atoms in total. The van der Waals surface area contributed by atoms with Crippen LogP contribution < -0.4 is 9.47 Å². The lowest BCUT2D eigenvalue weighted by molar-refractivity contribution is 0.0992. The highest BCUT2D eigenvalue weighted by Crippen LogP contribution is 2.40. The smallest absolute Gasteiger partial charge is 0.167 e. The fourth-order valence-corrected chi connectivity index (χ4v) is 3.22. The highest BCUT2D eigenvalue weighted by molar-refractivity contribution is 5.98. The molecule has 1 N–H and O–H groups in total. The monoisotopic (exact) mass is 384 g/mol. The minimum absolute atomic E-state index is 0.00298. The molecular weight excluding hydrogens is 352 g/mol. The molecule has 2 aromatic rings. The average Bonchev–Trinajstić information content (AvgIpc) is 2.59. The maximum Gasteiger partial charge on any atom is 0.167 e. The largest absolute Gasteiger partial charge is 0.507 e. The third kappa shape index (κ3) is 4.67. The lowest BCUT2D eigenvalue weighted by Gasteiger charge is -2.28. The van der Waals surface area contributed by atoms with E-state index in [0.29, 0.717) is 17.1 Å². The van der Waals surface area contributed by atoms with Crippen LogP contribution in [0.3, 0.4) is 0 Å². The van der Waals surface area contributed by atoms with Crippen molar-refractivity contribution in [3.63, 3.8) is 0 Å². The summed E-state index contributed by atoms with van der Waals surface area (Å²) in [4.78, 5) is 13.1. The summed E-state index contributed by atoms with van der Waals surface area (Å²) < 4.78 is 10.6. The van der Waals surface area contributed by atoms with Gasteiger partial charge in [-0.25, -0.2) is 0 Å². The third-order valence-corrected chi connectivity index (χ3v) is 4.86. The number of hydrogen-bond donors (Lipinski definition) is 1. The second-order valence-electron chi connectivity index (χ2n) is 9.21. The SMILES string of the molecule is COc1ccc(CC(=O)c2cc(C(C)(C)C)c(O)c(C(C)(C)C)c2)cc1OC. The maximum absolute atomic E-state index is 13.1. The van der Waals surface area contributed by atoms with E-state index in [1.54, 1.807) is 20.3 Å². The van der Waals surface area contributed by atoms with Crippen LogP contribution in [-0.2, 0) is 17.3 Å². The van der Waals surface area contributed by atoms with Crippen LogP contribution >= 0.6 is 0 Å². The molecule has 152 valence electrons. The number of Topliss-reactive ketones (excluding diaryl/α,β-unsaturated/α-hetero) is 1. The Morgan fingerprint density at radius 2 is 1.36 bits per heavy atom. The summed E-state index contributed by atoms with van der Waals surface area (Å²) in [6.07, 6.45) is 0.248. The molecule has 0 radical (unpaired) electrons. The predicted octanol–water partition coefficient (Wildman–Crippen LogP) is 5.43. The molecule has 0 unspecified atom stereocenters. The number of rotatable bonds is 5. The minimum atomic E-state index is -0.274. The van der Waals surface area contributed by atoms with Gasteiger partial charge in [0.2, 0.25) is 0 Å². The number of methoxy groups -OCH3 is 2. The predicted molar refractivity (Wildman–Crippen MR) is 113 cm³/mol. The Hall–Kier alpha value is -2.49. The topological polar surface area (TPSA) is 55.8 Å². The molecule has 2 rings (SSSR count). The van der Waals surface area contributed by atoms with E-state index >= 15 is 0 Å². The van der Waals surface area contributed by atoms with Crippen LogP contribution in [-0.4, -0.2) is 25.1 Å². The lowest BCUT2D eigenvalue weighted by atomic mass is 9.78. The van der Waals surface area contributed by atoms with Gasteiger partial charge in [-0.1, -0.05) is 47.6 Å². The summed E-state index contributed by atoms with van der Waals surface area (Å²) in [5.74, 6) is 1.52. The first kappa shape index (κ1) is 21.8. The number of phenols is 1. The summed E-state index contributed by atoms with van der Waals surface area (Å²) in [5, 5.41) is 10.8. The number of carbonyl (C=O) groups excluding carboxylic acids is 1. The maximum atomic E-state index is 13.1. The van der Waals surface area contributed by atoms with Crippen molar-refractivity contribution in [2.45, 2.75) is 58.8 Å². The molecule has 0 amide bonds. The molecule has 0 aliphatic carbocycles. The van der Waals surface area contributed by atoms with Gasteiger partial charge in [0.25, 0.3) is 0 Å². The number of phenolic OH excluding ortho intramolecular Hbond substituents is 1. The highest BCUT2D eigenvalue weighted by Gasteiger charge is 2.27. The number of ether oxygens (including phenoxy) is 2. The van der Waals surface area contributed by atoms with E-state index in [-0.39, 0.29) is 28.8 Å². The van der Waals surface area contributed by atoms with E-state index in [1.807, 2.05) is 65.8 Å². The molecule has 4 heteroatoms. The van der Waals surface area contributed by atoms with Crippen molar-refractivity contribution in [1.29, 1.82) is 0 Å². The van der Waals surface area contributed by atoms with Crippen LogP contribution in [0.25, 0.3) is 0 Å². The van der Waals surface area contributed by atoms with Crippen LogP contribution in [0.15, 0.2) is 30.3 Å². The van der Waals surface area contributed by atoms with Crippen molar-refractivity contribution in [3.8, 4) is 17.2 Å². The highest BCUT2D eigenvalue weighted by atomic mass is 16.5. The summed E-state index contributed by atoms with van der Waals surface area (Å²) in [6, 6.07) is 9.16. The molecule has 0 aliphatic rings. The number of hydrogen-bond acceptors (Lipinski definition) is 4. The second-order valence-corrected chi connectivity index (χ2v) is 9.21. The molecule has 0 heterocycles. The summed E-state index contributed by atoms with van der Waals surface area (Å²) >= 11 is 0. The first-order valence-corrected chi connectivity index (χ1v) is 9.50. The van der Waals surface area contributed by atoms with Gasteiger partial charge < -0.3 is 14.6 Å². The van der Waals surface area contributed by atoms with E-state index in [1.165, 1.54) is 0 Å². The number of carbonyl (C=O) groups is 1. The van der Waals surface area contributed by atoms with Crippen molar-refractivity contribution in [2.75, 3.05) is 14.2 Å². The summed E-state index contributed by atoms with van der Waals surface area (Å²) in [6.45, 7) is 12.2. The molecular formula is C24H32O4. The molecule has 0 aliphatic heterocycles. The van der Waals surface area contributed by atoms with Crippen molar-refractivity contribution >= 4 is 5.78 Å². The van der Waals surface area contributed by atoms with Crippen molar-refractivity contribution in [2.24, 2.45) is 0 Å². The van der Waals surface area contributed by atoms with Crippen LogP contribution in [0.4, 0.5) is 0 Å². The van der Waals surface area contributed by atoms with Crippen LogP contribution in [0, 0.1) is 0 Å². The van der Waals surface area contributed by atoms with Gasteiger partial charge in [-0.2, -0.15) is 0 Å². The first-order chi connectivity index (χ1) is 12.9. The molecule has 0 fully saturated rings. The molecule has 0 spiro atoms. The van der Waals surface area contributed by atoms with Crippen molar-refractivity contribution in [3.05, 3.63) is 52.6 Å². The summed E-state index contributed by atoms with van der Waals surface area (Å²) in [7, 11) is 3.16. The Bertz CT molecular complexity index is 832. The quantitative estimate of drug-likeness (QED) is 0.699. The molecule has 28 heavy (non-hydrogen) atoms. The number of ketones is 1. The van der Waals surface area contributed by atoms with Crippen molar-refractivity contribution < 1.29 is 19.4 Å². The molecule has 0 saturated carbocycles. The zero-order valence-electron chi connectivity index (χ0n) is 18.3. The average molecular weight is 385 g/mol. The summed E-state index contributed by atoms with van der Waals surface area (Å²) in [5.41, 5.74) is 2.49. The molecule has 2 aromatic carbocycles. The minimum Gasteiger partial charge on any atom is -0.507 e. The Balaban J connectivity index is 2.48. The van der Waals surface area contributed by atoms with Gasteiger partial charge in [0, 0.05) is 23.1 Å². The van der Waals surface area contributed by atoms with Gasteiger partial charge in [-0.3, -0.25) is 4.79 Å². The van der Waals surface area contributed by atoms with E-state index in [2.05, 4.69) is 0 Å². The third-order valence-electron chi connectivity index (χ3n) is 4.86. The van der Waals surface area contributed by atoms with E-state index in [0.717, 1.165) is 16.7 Å². The Morgan fingerprint density at radius 1 is 0.857 bits per heavy atom. The van der Waals surface area contributed by atoms with E-state index < -0.39 is 0 Å². The normalized spacial score (nSPS) is 12.0. The number of benzene rings is 2. The van der Waals surface area contributed by atoms with Gasteiger partial charge in [0.1, 0.15) is 5.75 Å². The molecule has 0 atom stereocenters. The van der Waals surface area contributed by atoms with Crippen LogP contribution in [0.2, 0.25) is 0 Å². The second kappa shape index (κ2) is 7.86. The zero-order valence-corrected chi connectivity index (χ0v) is 18.3. The van der Waals surface area contributed by atoms with Gasteiger partial charge in [0.15, 0.2) is 17.3 Å². The van der Waals surface area contributed by atoms with Gasteiger partial charge in [0.05, 0.1) is 14.2 Å². The molecule has 0 saturated heterocycles. The zero-order chi connectivity index (χ0) is 21.3. The van der Waals surface area contributed by atoms with E-state index in [9.17, 15) is 9.90 Å². The van der Waals surface area contributed by atoms with Crippen molar-refractivity contribution in [1.82, 2.24) is 0 Å². The van der Waals surface area contributed by atoms with Gasteiger partial charge >= 0.3 is 0 Å². The fourth-order valence-electron chi connectivity index (χ4n) is 3.22. The Kier molecular flexibility index (Phi) is 6.12. The fraction of sp³-hybridized carbons (Fsp3) is 0.458. The Labute approximate surface area is 168 Å². The first-order valence-electron chi connectivity index (χ1n) is 9.50. The van der Waals surface area contributed by atoms with Crippen LogP contribution in [0.1, 0.15) is 68.6 Å². The van der Waals surface area contributed by atoms with Crippen LogP contribution in [0.5, 0.6) is 17.2 Å².